The summed E-state index contributed by atoms with van der Waals surface area (Å²) in [6, 6.07) is 71.6. The first-order valence-corrected chi connectivity index (χ1v) is 18.7. The lowest BCUT2D eigenvalue weighted by Gasteiger charge is -2.24. The van der Waals surface area contributed by atoms with E-state index in [9.17, 15) is 0 Å². The Kier molecular flexibility index (Phi) is 8.16. The van der Waals surface area contributed by atoms with Gasteiger partial charge < -0.3 is 4.57 Å². The van der Waals surface area contributed by atoms with Crippen molar-refractivity contribution in [3.05, 3.63) is 213 Å². The third-order valence-electron chi connectivity index (χ3n) is 10.5. The minimum atomic E-state index is 0.918. The van der Waals surface area contributed by atoms with Gasteiger partial charge in [-0.05, 0) is 76.3 Å². The molecule has 0 bridgehead atoms. The maximum atomic E-state index is 5.20. The molecule has 7 aromatic carbocycles. The van der Waals surface area contributed by atoms with Crippen molar-refractivity contribution < 1.29 is 0 Å². The molecule has 0 saturated heterocycles. The summed E-state index contributed by atoms with van der Waals surface area (Å²) in [6.07, 6.45) is 3.63. The first kappa shape index (κ1) is 32.3. The van der Waals surface area contributed by atoms with Gasteiger partial charge in [0, 0.05) is 56.7 Å². The minimum absolute atomic E-state index is 0.918. The Labute approximate surface area is 320 Å². The molecule has 0 unspecified atom stereocenters. The van der Waals surface area contributed by atoms with E-state index in [1.165, 1.54) is 55.2 Å². The molecule has 0 fully saturated rings. The Bertz CT molecular complexity index is 2920. The zero-order valence-electron chi connectivity index (χ0n) is 30.0. The van der Waals surface area contributed by atoms with Crippen LogP contribution in [0.1, 0.15) is 0 Å². The van der Waals surface area contributed by atoms with E-state index in [0.29, 0.717) is 0 Å². The van der Waals surface area contributed by atoms with Gasteiger partial charge in [-0.2, -0.15) is 0 Å². The highest BCUT2D eigenvalue weighted by atomic mass is 15.0. The molecule has 258 valence electrons. The van der Waals surface area contributed by atoms with Crippen molar-refractivity contribution in [2.45, 2.75) is 0 Å². The van der Waals surface area contributed by atoms with E-state index in [1.807, 2.05) is 24.5 Å². The van der Waals surface area contributed by atoms with Gasteiger partial charge in [-0.3, -0.25) is 4.98 Å². The van der Waals surface area contributed by atoms with E-state index in [4.69, 9.17) is 4.98 Å². The normalized spacial score (nSPS) is 11.3. The average Bonchev–Trinajstić information content (AvgIpc) is 3.61. The van der Waals surface area contributed by atoms with Crippen LogP contribution in [0.2, 0.25) is 0 Å². The molecule has 3 heteroatoms. The number of para-hydroxylation sites is 1. The van der Waals surface area contributed by atoms with Crippen LogP contribution in [0.4, 0.5) is 0 Å². The zero-order valence-corrected chi connectivity index (χ0v) is 30.0. The Morgan fingerprint density at radius 1 is 0.345 bits per heavy atom. The molecule has 0 spiro atoms. The Hall–Kier alpha value is -7.36. The van der Waals surface area contributed by atoms with Gasteiger partial charge in [0.05, 0.1) is 22.4 Å². The molecule has 3 heterocycles. The molecule has 0 N–H and O–H groups in total. The second kappa shape index (κ2) is 13.9. The first-order valence-electron chi connectivity index (χ1n) is 18.7. The predicted molar refractivity (Wildman–Crippen MR) is 229 cm³/mol. The van der Waals surface area contributed by atoms with Crippen molar-refractivity contribution >= 4 is 21.8 Å². The van der Waals surface area contributed by atoms with Crippen molar-refractivity contribution in [3.8, 4) is 72.7 Å². The fourth-order valence-electron chi connectivity index (χ4n) is 8.12. The molecular weight excluding hydrogens is 667 g/mol. The summed E-state index contributed by atoms with van der Waals surface area (Å²) >= 11 is 0. The Balaban J connectivity index is 1.44. The molecule has 0 amide bonds. The number of nitrogens with zero attached hydrogens (tertiary/aromatic N) is 3. The molecule has 0 radical (unpaired) electrons. The molecular formula is C52H35N3. The highest BCUT2D eigenvalue weighted by molar-refractivity contribution is 6.26. The Morgan fingerprint density at radius 2 is 0.818 bits per heavy atom. The second-order valence-corrected chi connectivity index (χ2v) is 13.7. The summed E-state index contributed by atoms with van der Waals surface area (Å²) in [5, 5.41) is 2.37. The number of benzene rings is 7. The average molecular weight is 702 g/mol. The quantitative estimate of drug-likeness (QED) is 0.166. The molecule has 0 aliphatic carbocycles. The van der Waals surface area contributed by atoms with E-state index < -0.39 is 0 Å². The summed E-state index contributed by atoms with van der Waals surface area (Å²) in [4.78, 5) is 9.42. The molecule has 10 rings (SSSR count). The van der Waals surface area contributed by atoms with Crippen LogP contribution in [-0.4, -0.2) is 14.5 Å². The first-order chi connectivity index (χ1) is 27.3. The van der Waals surface area contributed by atoms with E-state index in [-0.39, 0.29) is 0 Å². The summed E-state index contributed by atoms with van der Waals surface area (Å²) in [5.74, 6) is 0. The minimum Gasteiger partial charge on any atom is -0.309 e. The van der Waals surface area contributed by atoms with Crippen LogP contribution in [0, 0.1) is 0 Å². The number of rotatable bonds is 7. The van der Waals surface area contributed by atoms with Gasteiger partial charge in [0.2, 0.25) is 0 Å². The fraction of sp³-hybridized carbons (Fsp3) is 0. The largest absolute Gasteiger partial charge is 0.309 e. The third-order valence-corrected chi connectivity index (χ3v) is 10.5. The monoisotopic (exact) mass is 701 g/mol. The highest BCUT2D eigenvalue weighted by Gasteiger charge is 2.29. The van der Waals surface area contributed by atoms with Crippen molar-refractivity contribution in [2.24, 2.45) is 0 Å². The van der Waals surface area contributed by atoms with Gasteiger partial charge in [0.15, 0.2) is 0 Å². The molecule has 10 aromatic rings. The van der Waals surface area contributed by atoms with Gasteiger partial charge in [0.1, 0.15) is 0 Å². The van der Waals surface area contributed by atoms with Crippen molar-refractivity contribution in [1.82, 2.24) is 14.5 Å². The number of fused-ring (bicyclic) bond motifs is 3. The number of hydrogen-bond donors (Lipinski definition) is 0. The van der Waals surface area contributed by atoms with Crippen molar-refractivity contribution in [2.75, 3.05) is 0 Å². The second-order valence-electron chi connectivity index (χ2n) is 13.7. The molecule has 0 saturated carbocycles. The van der Waals surface area contributed by atoms with Gasteiger partial charge in [-0.15, -0.1) is 0 Å². The molecule has 0 atom stereocenters. The van der Waals surface area contributed by atoms with E-state index in [1.54, 1.807) is 0 Å². The maximum absolute atomic E-state index is 5.20. The van der Waals surface area contributed by atoms with Crippen LogP contribution in [-0.2, 0) is 0 Å². The zero-order chi connectivity index (χ0) is 36.6. The third kappa shape index (κ3) is 5.70. The Morgan fingerprint density at radius 3 is 1.38 bits per heavy atom. The molecule has 3 aromatic heterocycles. The number of hydrogen-bond acceptors (Lipinski definition) is 2. The predicted octanol–water partition coefficient (Wildman–Crippen LogP) is 13.6. The summed E-state index contributed by atoms with van der Waals surface area (Å²) in [7, 11) is 0. The van der Waals surface area contributed by atoms with Crippen molar-refractivity contribution in [1.29, 1.82) is 0 Å². The topological polar surface area (TPSA) is 30.7 Å². The lowest BCUT2D eigenvalue weighted by Crippen LogP contribution is -2.00. The van der Waals surface area contributed by atoms with Gasteiger partial charge in [-0.25, -0.2) is 4.98 Å². The van der Waals surface area contributed by atoms with Crippen LogP contribution in [0.15, 0.2) is 213 Å². The van der Waals surface area contributed by atoms with Gasteiger partial charge >= 0.3 is 0 Å². The maximum Gasteiger partial charge on any atom is 0.0710 e. The van der Waals surface area contributed by atoms with Crippen LogP contribution < -0.4 is 0 Å². The summed E-state index contributed by atoms with van der Waals surface area (Å²) in [6.45, 7) is 0. The lowest BCUT2D eigenvalue weighted by atomic mass is 9.80. The molecule has 0 aliphatic heterocycles. The van der Waals surface area contributed by atoms with Crippen LogP contribution >= 0.6 is 0 Å². The standard InChI is InChI=1S/C52H35N3/c1-6-17-37(18-7-1)47-48(38-19-8-2-9-20-38)50(40-23-12-4-13-24-40)52-51(49(47)39-21-10-3-11-22-39)43-35-41(29-30-46(43)55(52)42-25-14-5-15-26-42)45-28-16-27-44(54-45)36-31-33-53-34-32-36/h1-35H. The molecule has 55 heavy (non-hydrogen) atoms. The van der Waals surface area contributed by atoms with E-state index in [2.05, 4.69) is 198 Å². The van der Waals surface area contributed by atoms with Crippen LogP contribution in [0.25, 0.3) is 94.5 Å². The smallest absolute Gasteiger partial charge is 0.0710 e. The molecule has 3 nitrogen and oxygen atoms in total. The highest BCUT2D eigenvalue weighted by Crippen LogP contribution is 2.54. The van der Waals surface area contributed by atoms with E-state index in [0.717, 1.165) is 39.3 Å². The van der Waals surface area contributed by atoms with Gasteiger partial charge in [-0.1, -0.05) is 152 Å². The molecule has 0 aliphatic rings. The SMILES string of the molecule is c1ccc(-c2c(-c3ccccc3)c(-c3ccccc3)c3c(c2-c2ccccc2)c2cc(-c4cccc(-c5ccncc5)n4)ccc2n3-c2ccccc2)cc1. The van der Waals surface area contributed by atoms with Crippen LogP contribution in [0.5, 0.6) is 0 Å². The summed E-state index contributed by atoms with van der Waals surface area (Å²) < 4.78 is 2.48. The lowest BCUT2D eigenvalue weighted by molar-refractivity contribution is 1.18. The van der Waals surface area contributed by atoms with Gasteiger partial charge in [0.25, 0.3) is 0 Å². The van der Waals surface area contributed by atoms with Crippen molar-refractivity contribution in [3.63, 3.8) is 0 Å². The fourth-order valence-corrected chi connectivity index (χ4v) is 8.12. The summed E-state index contributed by atoms with van der Waals surface area (Å²) in [5.41, 5.74) is 16.8. The van der Waals surface area contributed by atoms with E-state index >= 15 is 0 Å². The van der Waals surface area contributed by atoms with Crippen LogP contribution in [0.3, 0.4) is 0 Å². The number of pyridine rings is 2. The number of aromatic nitrogens is 3.